The fraction of sp³-hybridized carbons (Fsp3) is 0.333. The molecule has 0 unspecified atom stereocenters. The van der Waals surface area contributed by atoms with Gasteiger partial charge in [0.2, 0.25) is 5.56 Å². The van der Waals surface area contributed by atoms with Crippen molar-refractivity contribution < 1.29 is 18.7 Å². The number of carboxylic acids is 1. The van der Waals surface area contributed by atoms with E-state index in [-0.39, 0.29) is 11.3 Å². The first kappa shape index (κ1) is 11.4. The number of carbonyl (C=O) groups is 1. The molecule has 0 radical (unpaired) electrons. The van der Waals surface area contributed by atoms with Crippen LogP contribution in [0.3, 0.4) is 0 Å². The van der Waals surface area contributed by atoms with E-state index in [1.165, 1.54) is 6.92 Å². The van der Waals surface area contributed by atoms with Crippen molar-refractivity contribution in [3.63, 3.8) is 0 Å². The van der Waals surface area contributed by atoms with E-state index in [1.54, 1.807) is 0 Å². The zero-order chi connectivity index (χ0) is 11.6. The van der Waals surface area contributed by atoms with E-state index in [2.05, 4.69) is 4.98 Å². The van der Waals surface area contributed by atoms with Crippen molar-refractivity contribution in [2.24, 2.45) is 0 Å². The third-order valence-electron chi connectivity index (χ3n) is 2.01. The van der Waals surface area contributed by atoms with Gasteiger partial charge in [-0.1, -0.05) is 0 Å². The zero-order valence-corrected chi connectivity index (χ0v) is 7.88. The average Bonchev–Trinajstić information content (AvgIpc) is 2.09. The summed E-state index contributed by atoms with van der Waals surface area (Å²) in [7, 11) is 0. The average molecular weight is 217 g/mol. The lowest BCUT2D eigenvalue weighted by molar-refractivity contribution is -0.136. The second-order valence-electron chi connectivity index (χ2n) is 3.06. The van der Waals surface area contributed by atoms with Crippen molar-refractivity contribution in [1.82, 2.24) is 4.98 Å². The molecular weight excluding hydrogens is 208 g/mol. The summed E-state index contributed by atoms with van der Waals surface area (Å²) in [6.45, 7) is 1.36. The van der Waals surface area contributed by atoms with Crippen LogP contribution in [0, 0.1) is 6.92 Å². The van der Waals surface area contributed by atoms with Crippen LogP contribution in [0.25, 0.3) is 0 Å². The number of aromatic amines is 1. The van der Waals surface area contributed by atoms with Crippen LogP contribution in [-0.4, -0.2) is 16.1 Å². The van der Waals surface area contributed by atoms with Crippen molar-refractivity contribution in [2.75, 3.05) is 0 Å². The highest BCUT2D eigenvalue weighted by molar-refractivity contribution is 5.70. The van der Waals surface area contributed by atoms with Gasteiger partial charge in [0.15, 0.2) is 0 Å². The Morgan fingerprint density at radius 3 is 2.67 bits per heavy atom. The molecule has 0 saturated heterocycles. The predicted octanol–water partition coefficient (Wildman–Crippen LogP) is 1.25. The van der Waals surface area contributed by atoms with Crippen molar-refractivity contribution >= 4 is 5.97 Å². The minimum Gasteiger partial charge on any atom is -0.481 e. The minimum absolute atomic E-state index is 0.0188. The van der Waals surface area contributed by atoms with Crippen molar-refractivity contribution in [1.29, 1.82) is 0 Å². The van der Waals surface area contributed by atoms with Gasteiger partial charge >= 0.3 is 5.97 Å². The molecule has 0 aliphatic heterocycles. The number of aliphatic carboxylic acids is 1. The first-order valence-corrected chi connectivity index (χ1v) is 4.14. The molecule has 0 saturated carbocycles. The lowest BCUT2D eigenvalue weighted by Crippen LogP contribution is -2.15. The summed E-state index contributed by atoms with van der Waals surface area (Å²) < 4.78 is 24.9. The standard InChI is InChI=1S/C9H9F2NO3/c1-4-5(9(10)11)2-7(13)12-6(4)3-8(14)15/h2,9H,3H2,1H3,(H,12,13)(H,14,15). The molecule has 0 atom stereocenters. The van der Waals surface area contributed by atoms with Gasteiger partial charge in [-0.25, -0.2) is 8.78 Å². The van der Waals surface area contributed by atoms with Crippen molar-refractivity contribution in [3.05, 3.63) is 33.2 Å². The van der Waals surface area contributed by atoms with E-state index in [0.29, 0.717) is 0 Å². The maximum absolute atomic E-state index is 12.4. The molecule has 0 amide bonds. The summed E-state index contributed by atoms with van der Waals surface area (Å²) in [5.74, 6) is -1.18. The Morgan fingerprint density at radius 1 is 1.60 bits per heavy atom. The normalized spacial score (nSPS) is 10.7. The zero-order valence-electron chi connectivity index (χ0n) is 7.88. The second kappa shape index (κ2) is 4.20. The highest BCUT2D eigenvalue weighted by atomic mass is 19.3. The highest BCUT2D eigenvalue weighted by Gasteiger charge is 2.16. The molecule has 2 N–H and O–H groups in total. The molecule has 15 heavy (non-hydrogen) atoms. The largest absolute Gasteiger partial charge is 0.481 e. The molecule has 82 valence electrons. The summed E-state index contributed by atoms with van der Waals surface area (Å²) in [5.41, 5.74) is -1.00. The monoisotopic (exact) mass is 217 g/mol. The third-order valence-corrected chi connectivity index (χ3v) is 2.01. The molecule has 1 heterocycles. The molecule has 0 bridgehead atoms. The number of hydrogen-bond donors (Lipinski definition) is 2. The Morgan fingerprint density at radius 2 is 2.20 bits per heavy atom. The van der Waals surface area contributed by atoms with Gasteiger partial charge in [-0.05, 0) is 12.5 Å². The topological polar surface area (TPSA) is 70.2 Å². The number of carboxylic acid groups (broad SMARTS) is 1. The number of halogens is 2. The Bertz CT molecular complexity index is 439. The molecule has 1 rings (SSSR count). The summed E-state index contributed by atoms with van der Waals surface area (Å²) >= 11 is 0. The van der Waals surface area contributed by atoms with E-state index >= 15 is 0 Å². The number of rotatable bonds is 3. The Balaban J connectivity index is 3.28. The van der Waals surface area contributed by atoms with Crippen LogP contribution in [0.2, 0.25) is 0 Å². The number of alkyl halides is 2. The molecule has 1 aromatic rings. The number of hydrogen-bond acceptors (Lipinski definition) is 2. The SMILES string of the molecule is Cc1c(C(F)F)cc(=O)[nH]c1CC(=O)O. The van der Waals surface area contributed by atoms with Gasteiger partial charge in [0.05, 0.1) is 6.42 Å². The van der Waals surface area contributed by atoms with Crippen LogP contribution in [0.15, 0.2) is 10.9 Å². The molecule has 0 aliphatic rings. The first-order chi connectivity index (χ1) is 6.91. The summed E-state index contributed by atoms with van der Waals surface area (Å²) in [6.07, 6.45) is -3.25. The smallest absolute Gasteiger partial charge is 0.309 e. The van der Waals surface area contributed by atoms with Crippen LogP contribution in [0.4, 0.5) is 8.78 Å². The first-order valence-electron chi connectivity index (χ1n) is 4.14. The van der Waals surface area contributed by atoms with Crippen LogP contribution < -0.4 is 5.56 Å². The van der Waals surface area contributed by atoms with E-state index in [0.717, 1.165) is 6.07 Å². The molecule has 6 heteroatoms. The van der Waals surface area contributed by atoms with E-state index < -0.39 is 29.9 Å². The van der Waals surface area contributed by atoms with Crippen LogP contribution >= 0.6 is 0 Å². The molecule has 0 aliphatic carbocycles. The molecule has 4 nitrogen and oxygen atoms in total. The Kier molecular flexibility index (Phi) is 3.18. The van der Waals surface area contributed by atoms with Gasteiger partial charge in [-0.15, -0.1) is 0 Å². The maximum Gasteiger partial charge on any atom is 0.309 e. The lowest BCUT2D eigenvalue weighted by Gasteiger charge is -2.08. The maximum atomic E-state index is 12.4. The van der Waals surface area contributed by atoms with E-state index in [4.69, 9.17) is 5.11 Å². The summed E-state index contributed by atoms with van der Waals surface area (Å²) in [5, 5.41) is 8.50. The fourth-order valence-corrected chi connectivity index (χ4v) is 1.26. The number of H-pyrrole nitrogens is 1. The fourth-order valence-electron chi connectivity index (χ4n) is 1.26. The van der Waals surface area contributed by atoms with Crippen molar-refractivity contribution in [3.8, 4) is 0 Å². The van der Waals surface area contributed by atoms with Crippen LogP contribution in [0.1, 0.15) is 23.2 Å². The molecule has 0 fully saturated rings. The van der Waals surface area contributed by atoms with Crippen LogP contribution in [0.5, 0.6) is 0 Å². The van der Waals surface area contributed by atoms with Gasteiger partial charge in [0.1, 0.15) is 0 Å². The number of pyridine rings is 1. The number of nitrogens with one attached hydrogen (secondary N) is 1. The quantitative estimate of drug-likeness (QED) is 0.800. The van der Waals surface area contributed by atoms with Gasteiger partial charge < -0.3 is 10.1 Å². The minimum atomic E-state index is -2.78. The molecule has 1 aromatic heterocycles. The third kappa shape index (κ3) is 2.61. The second-order valence-corrected chi connectivity index (χ2v) is 3.06. The summed E-state index contributed by atoms with van der Waals surface area (Å²) in [6, 6.07) is 0.783. The van der Waals surface area contributed by atoms with Crippen molar-refractivity contribution in [2.45, 2.75) is 19.8 Å². The van der Waals surface area contributed by atoms with E-state index in [1.807, 2.05) is 0 Å². The van der Waals surface area contributed by atoms with Crippen LogP contribution in [-0.2, 0) is 11.2 Å². The molecule has 0 aromatic carbocycles. The lowest BCUT2D eigenvalue weighted by atomic mass is 10.1. The van der Waals surface area contributed by atoms with E-state index in [9.17, 15) is 18.4 Å². The van der Waals surface area contributed by atoms with Gasteiger partial charge in [-0.2, -0.15) is 0 Å². The summed E-state index contributed by atoms with van der Waals surface area (Å²) in [4.78, 5) is 23.6. The highest BCUT2D eigenvalue weighted by Crippen LogP contribution is 2.22. The molecule has 0 spiro atoms. The van der Waals surface area contributed by atoms with Gasteiger partial charge in [0, 0.05) is 17.3 Å². The molecular formula is C9H9F2NO3. The predicted molar refractivity (Wildman–Crippen MR) is 48.1 cm³/mol. The Hall–Kier alpha value is -1.72. The van der Waals surface area contributed by atoms with Gasteiger partial charge in [-0.3, -0.25) is 9.59 Å². The number of aromatic nitrogens is 1. The van der Waals surface area contributed by atoms with Gasteiger partial charge in [0.25, 0.3) is 6.43 Å². The Labute approximate surface area is 83.6 Å².